The van der Waals surface area contributed by atoms with Crippen LogP contribution in [-0.4, -0.2) is 70.7 Å². The molecule has 0 amide bonds. The van der Waals surface area contributed by atoms with Crippen molar-refractivity contribution in [1.82, 2.24) is 0 Å². The summed E-state index contributed by atoms with van der Waals surface area (Å²) in [5.74, 6) is -0.346. The van der Waals surface area contributed by atoms with Crippen LogP contribution in [-0.2, 0) is 27.9 Å². The lowest BCUT2D eigenvalue weighted by atomic mass is 10.1. The highest BCUT2D eigenvalue weighted by atomic mass is 31.2. The van der Waals surface area contributed by atoms with Gasteiger partial charge in [-0.1, -0.05) is 140 Å². The number of esters is 1. The zero-order chi connectivity index (χ0) is 37.0. The van der Waals surface area contributed by atoms with Gasteiger partial charge >= 0.3 is 5.97 Å². The molecular formula is C41H76NO7P. The van der Waals surface area contributed by atoms with Gasteiger partial charge in [0, 0.05) is 13.0 Å². The molecule has 2 unspecified atom stereocenters. The van der Waals surface area contributed by atoms with Gasteiger partial charge in [0.05, 0.1) is 34.4 Å². The number of hydrogen-bond acceptors (Lipinski definition) is 7. The highest BCUT2D eigenvalue weighted by molar-refractivity contribution is 7.45. The second kappa shape index (κ2) is 34.5. The van der Waals surface area contributed by atoms with Crippen molar-refractivity contribution in [3.63, 3.8) is 0 Å². The number of phosphoric acid groups is 1. The molecule has 0 aromatic heterocycles. The van der Waals surface area contributed by atoms with Gasteiger partial charge in [-0.3, -0.25) is 9.36 Å². The SMILES string of the molecule is CC/C=C\C/C=C\C/C=C\C/C=C\CCCCCCCOCC(COP(=O)([O-])OCC[N+](C)(C)C)OC(=O)CCCCCCCCCCCC. The van der Waals surface area contributed by atoms with Crippen molar-refractivity contribution in [2.24, 2.45) is 0 Å². The molecule has 0 aromatic carbocycles. The Morgan fingerprint density at radius 2 is 1.16 bits per heavy atom. The van der Waals surface area contributed by atoms with Crippen LogP contribution in [0.5, 0.6) is 0 Å². The van der Waals surface area contributed by atoms with Gasteiger partial charge in [0.1, 0.15) is 19.3 Å². The molecule has 0 aliphatic carbocycles. The quantitative estimate of drug-likeness (QED) is 0.0209. The van der Waals surface area contributed by atoms with E-state index in [-0.39, 0.29) is 25.8 Å². The summed E-state index contributed by atoms with van der Waals surface area (Å²) < 4.78 is 34.4. The number of nitrogens with zero attached hydrogens (tertiary/aromatic N) is 1. The molecule has 292 valence electrons. The Morgan fingerprint density at radius 1 is 0.640 bits per heavy atom. The van der Waals surface area contributed by atoms with Crippen molar-refractivity contribution in [1.29, 1.82) is 0 Å². The first kappa shape index (κ1) is 48.5. The minimum Gasteiger partial charge on any atom is -0.756 e. The molecular weight excluding hydrogens is 649 g/mol. The van der Waals surface area contributed by atoms with E-state index in [0.29, 0.717) is 24.1 Å². The lowest BCUT2D eigenvalue weighted by Gasteiger charge is -2.28. The van der Waals surface area contributed by atoms with Gasteiger partial charge < -0.3 is 27.9 Å². The van der Waals surface area contributed by atoms with Gasteiger partial charge in [0.25, 0.3) is 7.82 Å². The maximum absolute atomic E-state index is 12.6. The fourth-order valence-electron chi connectivity index (χ4n) is 5.06. The van der Waals surface area contributed by atoms with E-state index in [1.54, 1.807) is 0 Å². The molecule has 0 rings (SSSR count). The summed E-state index contributed by atoms with van der Waals surface area (Å²) in [5.41, 5.74) is 0. The molecule has 0 fully saturated rings. The van der Waals surface area contributed by atoms with Gasteiger partial charge in [-0.15, -0.1) is 0 Å². The van der Waals surface area contributed by atoms with E-state index in [9.17, 15) is 14.3 Å². The third-order valence-corrected chi connectivity index (χ3v) is 9.11. The molecule has 0 aliphatic heterocycles. The second-order valence-corrected chi connectivity index (χ2v) is 15.7. The Hall–Kier alpha value is -1.54. The van der Waals surface area contributed by atoms with Crippen LogP contribution in [0.2, 0.25) is 0 Å². The Labute approximate surface area is 308 Å². The standard InChI is InChI=1S/C41H76NO7P/c1-6-8-10-12-14-16-18-19-20-21-22-23-24-25-27-29-31-33-36-46-38-40(39-48-50(44,45)47-37-35-42(3,4)5)49-41(43)34-32-30-28-26-17-15-13-11-9-7-2/h8,10,14,16,19-20,22-23,40H,6-7,9,11-13,15,17-18,21,24-39H2,1-5H3/b10-8-,16-14-,20-19-,23-22-. The van der Waals surface area contributed by atoms with Crippen LogP contribution in [0.3, 0.4) is 0 Å². The van der Waals surface area contributed by atoms with Crippen LogP contribution < -0.4 is 4.89 Å². The van der Waals surface area contributed by atoms with Crippen molar-refractivity contribution < 1.29 is 37.3 Å². The van der Waals surface area contributed by atoms with Crippen LogP contribution in [0.25, 0.3) is 0 Å². The van der Waals surface area contributed by atoms with Crippen molar-refractivity contribution in [2.45, 2.75) is 155 Å². The van der Waals surface area contributed by atoms with E-state index in [4.69, 9.17) is 18.5 Å². The molecule has 0 saturated carbocycles. The third kappa shape index (κ3) is 37.7. The average Bonchev–Trinajstić information content (AvgIpc) is 3.06. The Morgan fingerprint density at radius 3 is 1.74 bits per heavy atom. The van der Waals surface area contributed by atoms with Gasteiger partial charge in [0.15, 0.2) is 0 Å². The molecule has 0 aliphatic rings. The van der Waals surface area contributed by atoms with E-state index in [1.807, 2.05) is 21.1 Å². The number of carbonyl (C=O) groups excluding carboxylic acids is 1. The molecule has 9 heteroatoms. The number of allylic oxidation sites excluding steroid dienone is 8. The lowest BCUT2D eigenvalue weighted by Crippen LogP contribution is -2.37. The first-order valence-electron chi connectivity index (χ1n) is 19.9. The van der Waals surface area contributed by atoms with Gasteiger partial charge in [-0.25, -0.2) is 0 Å². The Balaban J connectivity index is 4.29. The zero-order valence-corrected chi connectivity index (χ0v) is 33.7. The molecule has 0 N–H and O–H groups in total. The van der Waals surface area contributed by atoms with Crippen molar-refractivity contribution in [3.8, 4) is 0 Å². The molecule has 0 radical (unpaired) electrons. The lowest BCUT2D eigenvalue weighted by molar-refractivity contribution is -0.870. The number of unbranched alkanes of at least 4 members (excludes halogenated alkanes) is 14. The summed E-state index contributed by atoms with van der Waals surface area (Å²) in [7, 11) is 1.34. The summed E-state index contributed by atoms with van der Waals surface area (Å²) in [6.07, 6.45) is 39.8. The highest BCUT2D eigenvalue weighted by Crippen LogP contribution is 2.38. The third-order valence-electron chi connectivity index (χ3n) is 8.14. The fraction of sp³-hybridized carbons (Fsp3) is 0.780. The normalized spacial score (nSPS) is 14.4. The minimum atomic E-state index is -4.52. The monoisotopic (exact) mass is 726 g/mol. The maximum atomic E-state index is 12.6. The van der Waals surface area contributed by atoms with Crippen molar-refractivity contribution >= 4 is 13.8 Å². The van der Waals surface area contributed by atoms with E-state index >= 15 is 0 Å². The maximum Gasteiger partial charge on any atom is 0.306 e. The molecule has 0 aromatic rings. The first-order chi connectivity index (χ1) is 24.1. The predicted octanol–water partition coefficient (Wildman–Crippen LogP) is 10.6. The number of likely N-dealkylation sites (N-methyl/N-ethyl adjacent to an activating group) is 1. The molecule has 0 heterocycles. The van der Waals surface area contributed by atoms with E-state index in [0.717, 1.165) is 70.6 Å². The summed E-state index contributed by atoms with van der Waals surface area (Å²) in [4.78, 5) is 24.9. The van der Waals surface area contributed by atoms with Crippen molar-refractivity contribution in [2.75, 3.05) is 54.1 Å². The number of hydrogen-bond donors (Lipinski definition) is 0. The summed E-state index contributed by atoms with van der Waals surface area (Å²) in [6.45, 7) is 5.22. The summed E-state index contributed by atoms with van der Waals surface area (Å²) >= 11 is 0. The second-order valence-electron chi connectivity index (χ2n) is 14.3. The van der Waals surface area contributed by atoms with E-state index < -0.39 is 13.9 Å². The number of phosphoric ester groups is 1. The van der Waals surface area contributed by atoms with E-state index in [2.05, 4.69) is 62.5 Å². The Kier molecular flexibility index (Phi) is 33.5. The summed E-state index contributed by atoms with van der Waals surface area (Å²) in [6, 6.07) is 0. The van der Waals surface area contributed by atoms with E-state index in [1.165, 1.54) is 57.8 Å². The number of quaternary nitrogens is 1. The zero-order valence-electron chi connectivity index (χ0n) is 32.8. The fourth-order valence-corrected chi connectivity index (χ4v) is 5.79. The predicted molar refractivity (Wildman–Crippen MR) is 208 cm³/mol. The van der Waals surface area contributed by atoms with Crippen LogP contribution >= 0.6 is 7.82 Å². The molecule has 2 atom stereocenters. The van der Waals surface area contributed by atoms with Gasteiger partial charge in [-0.05, 0) is 51.4 Å². The van der Waals surface area contributed by atoms with Crippen LogP contribution in [0.15, 0.2) is 48.6 Å². The van der Waals surface area contributed by atoms with Crippen LogP contribution in [0.1, 0.15) is 149 Å². The van der Waals surface area contributed by atoms with Crippen LogP contribution in [0, 0.1) is 0 Å². The number of rotatable bonds is 36. The van der Waals surface area contributed by atoms with Crippen LogP contribution in [0.4, 0.5) is 0 Å². The first-order valence-corrected chi connectivity index (χ1v) is 21.3. The van der Waals surface area contributed by atoms with Gasteiger partial charge in [-0.2, -0.15) is 0 Å². The molecule has 0 bridgehead atoms. The molecule has 8 nitrogen and oxygen atoms in total. The highest BCUT2D eigenvalue weighted by Gasteiger charge is 2.20. The molecule has 50 heavy (non-hydrogen) atoms. The topological polar surface area (TPSA) is 94.1 Å². The Bertz CT molecular complexity index is 942. The largest absolute Gasteiger partial charge is 0.756 e. The summed E-state index contributed by atoms with van der Waals surface area (Å²) in [5, 5.41) is 0. The smallest absolute Gasteiger partial charge is 0.306 e. The minimum absolute atomic E-state index is 0.0212. The molecule has 0 saturated heterocycles. The number of carbonyl (C=O) groups is 1. The number of ether oxygens (including phenoxy) is 2. The average molecular weight is 726 g/mol. The molecule has 0 spiro atoms. The van der Waals surface area contributed by atoms with Crippen molar-refractivity contribution in [3.05, 3.63) is 48.6 Å². The van der Waals surface area contributed by atoms with Gasteiger partial charge in [0.2, 0.25) is 0 Å².